The van der Waals surface area contributed by atoms with Crippen LogP contribution in [0.5, 0.6) is 0 Å². The second-order valence-electron chi connectivity index (χ2n) is 6.19. The molecule has 1 aromatic heterocycles. The molecule has 23 heavy (non-hydrogen) atoms. The van der Waals surface area contributed by atoms with Gasteiger partial charge in [0.05, 0.1) is 0 Å². The Kier molecular flexibility index (Phi) is 3.71. The summed E-state index contributed by atoms with van der Waals surface area (Å²) in [6, 6.07) is 12.3. The van der Waals surface area contributed by atoms with Gasteiger partial charge in [0.1, 0.15) is 5.82 Å². The summed E-state index contributed by atoms with van der Waals surface area (Å²) in [6.07, 6.45) is 2.71. The average Bonchev–Trinajstić information content (AvgIpc) is 3.24. The Labute approximate surface area is 135 Å². The number of rotatable bonds is 3. The molecule has 0 aliphatic carbocycles. The van der Waals surface area contributed by atoms with Crippen molar-refractivity contribution in [2.24, 2.45) is 0 Å². The standard InChI is InChI=1S/C18H20N4O/c23-18(21-16-6-7-19-10-16)13-5-8-20-17(9-13)22-11-14-3-1-2-4-15(14)12-22/h1-5,8-9,16,19H,6-7,10-12H2,(H,21,23)/t16-/m1/s1. The van der Waals surface area contributed by atoms with Crippen LogP contribution >= 0.6 is 0 Å². The molecular weight excluding hydrogens is 288 g/mol. The monoisotopic (exact) mass is 308 g/mol. The molecule has 118 valence electrons. The summed E-state index contributed by atoms with van der Waals surface area (Å²) >= 11 is 0. The first-order valence-electron chi connectivity index (χ1n) is 8.09. The molecule has 4 rings (SSSR count). The van der Waals surface area contributed by atoms with Gasteiger partial charge in [-0.25, -0.2) is 4.98 Å². The van der Waals surface area contributed by atoms with Crippen LogP contribution in [0, 0.1) is 0 Å². The van der Waals surface area contributed by atoms with E-state index in [0.29, 0.717) is 5.56 Å². The highest BCUT2D eigenvalue weighted by Crippen LogP contribution is 2.27. The molecular formula is C18H20N4O. The molecule has 1 fully saturated rings. The molecule has 1 aromatic carbocycles. The lowest BCUT2D eigenvalue weighted by atomic mass is 10.1. The second kappa shape index (κ2) is 6.01. The first-order chi connectivity index (χ1) is 11.3. The van der Waals surface area contributed by atoms with Gasteiger partial charge >= 0.3 is 0 Å². The van der Waals surface area contributed by atoms with Crippen LogP contribution in [-0.4, -0.2) is 30.0 Å². The molecule has 5 nitrogen and oxygen atoms in total. The number of pyridine rings is 1. The third-order valence-corrected chi connectivity index (χ3v) is 4.57. The number of benzene rings is 1. The van der Waals surface area contributed by atoms with Gasteiger partial charge < -0.3 is 15.5 Å². The van der Waals surface area contributed by atoms with Crippen LogP contribution in [0.2, 0.25) is 0 Å². The Morgan fingerprint density at radius 3 is 2.70 bits per heavy atom. The van der Waals surface area contributed by atoms with E-state index < -0.39 is 0 Å². The summed E-state index contributed by atoms with van der Waals surface area (Å²) in [4.78, 5) is 19.1. The number of carbonyl (C=O) groups is 1. The highest BCUT2D eigenvalue weighted by Gasteiger charge is 2.21. The van der Waals surface area contributed by atoms with Crippen LogP contribution in [0.1, 0.15) is 27.9 Å². The van der Waals surface area contributed by atoms with Gasteiger partial charge in [0.15, 0.2) is 0 Å². The Bertz CT molecular complexity index is 699. The fourth-order valence-corrected chi connectivity index (χ4v) is 3.27. The van der Waals surface area contributed by atoms with Crippen molar-refractivity contribution in [3.05, 3.63) is 59.3 Å². The maximum absolute atomic E-state index is 12.4. The van der Waals surface area contributed by atoms with E-state index in [9.17, 15) is 4.79 Å². The van der Waals surface area contributed by atoms with E-state index in [4.69, 9.17) is 0 Å². The smallest absolute Gasteiger partial charge is 0.251 e. The molecule has 2 aliphatic heterocycles. The summed E-state index contributed by atoms with van der Waals surface area (Å²) in [6.45, 7) is 3.52. The van der Waals surface area contributed by atoms with Gasteiger partial charge in [0, 0.05) is 37.4 Å². The lowest BCUT2D eigenvalue weighted by molar-refractivity contribution is 0.0940. The first-order valence-corrected chi connectivity index (χ1v) is 8.09. The number of hydrogen-bond donors (Lipinski definition) is 2. The van der Waals surface area contributed by atoms with E-state index >= 15 is 0 Å². The van der Waals surface area contributed by atoms with Crippen LogP contribution in [0.3, 0.4) is 0 Å². The number of nitrogens with one attached hydrogen (secondary N) is 2. The minimum absolute atomic E-state index is 0.0148. The van der Waals surface area contributed by atoms with Crippen molar-refractivity contribution in [1.29, 1.82) is 0 Å². The van der Waals surface area contributed by atoms with Gasteiger partial charge in [-0.15, -0.1) is 0 Å². The number of nitrogens with zero attached hydrogens (tertiary/aromatic N) is 2. The summed E-state index contributed by atoms with van der Waals surface area (Å²) in [5.41, 5.74) is 3.35. The third-order valence-electron chi connectivity index (χ3n) is 4.57. The quantitative estimate of drug-likeness (QED) is 0.906. The fourth-order valence-electron chi connectivity index (χ4n) is 3.27. The maximum atomic E-state index is 12.4. The average molecular weight is 308 g/mol. The zero-order chi connectivity index (χ0) is 15.6. The second-order valence-corrected chi connectivity index (χ2v) is 6.19. The SMILES string of the molecule is O=C(N[C@@H]1CCNC1)c1ccnc(N2Cc3ccccc3C2)c1. The molecule has 0 bridgehead atoms. The van der Waals surface area contributed by atoms with Crippen LogP contribution in [0.15, 0.2) is 42.6 Å². The predicted molar refractivity (Wildman–Crippen MR) is 89.3 cm³/mol. The summed E-state index contributed by atoms with van der Waals surface area (Å²) in [5, 5.41) is 6.34. The van der Waals surface area contributed by atoms with Gasteiger partial charge in [-0.05, 0) is 36.2 Å². The van der Waals surface area contributed by atoms with Gasteiger partial charge in [0.25, 0.3) is 5.91 Å². The van der Waals surface area contributed by atoms with E-state index in [0.717, 1.165) is 38.4 Å². The molecule has 2 N–H and O–H groups in total. The topological polar surface area (TPSA) is 57.3 Å². The lowest BCUT2D eigenvalue weighted by Gasteiger charge is -2.17. The molecule has 1 atom stereocenters. The number of aromatic nitrogens is 1. The van der Waals surface area contributed by atoms with Crippen LogP contribution in [0.4, 0.5) is 5.82 Å². The number of amides is 1. The minimum Gasteiger partial charge on any atom is -0.348 e. The zero-order valence-corrected chi connectivity index (χ0v) is 13.0. The molecule has 0 spiro atoms. The van der Waals surface area contributed by atoms with Crippen LogP contribution in [0.25, 0.3) is 0 Å². The molecule has 2 aliphatic rings. The van der Waals surface area contributed by atoms with Gasteiger partial charge in [-0.1, -0.05) is 24.3 Å². The molecule has 0 unspecified atom stereocenters. The molecule has 1 saturated heterocycles. The van der Waals surface area contributed by atoms with E-state index in [-0.39, 0.29) is 11.9 Å². The van der Waals surface area contributed by atoms with E-state index in [2.05, 4.69) is 44.8 Å². The fraction of sp³-hybridized carbons (Fsp3) is 0.333. The largest absolute Gasteiger partial charge is 0.348 e. The van der Waals surface area contributed by atoms with E-state index in [1.165, 1.54) is 11.1 Å². The number of hydrogen-bond acceptors (Lipinski definition) is 4. The van der Waals surface area contributed by atoms with Crippen molar-refractivity contribution < 1.29 is 4.79 Å². The highest BCUT2D eigenvalue weighted by atomic mass is 16.1. The molecule has 2 aromatic rings. The van der Waals surface area contributed by atoms with Crippen LogP contribution < -0.4 is 15.5 Å². The lowest BCUT2D eigenvalue weighted by Crippen LogP contribution is -2.36. The Morgan fingerprint density at radius 2 is 2.00 bits per heavy atom. The van der Waals surface area contributed by atoms with Crippen molar-refractivity contribution >= 4 is 11.7 Å². The number of fused-ring (bicyclic) bond motifs is 1. The van der Waals surface area contributed by atoms with Crippen molar-refractivity contribution in [2.75, 3.05) is 18.0 Å². The van der Waals surface area contributed by atoms with Crippen molar-refractivity contribution in [3.63, 3.8) is 0 Å². The Morgan fingerprint density at radius 1 is 1.22 bits per heavy atom. The predicted octanol–water partition coefficient (Wildman–Crippen LogP) is 1.69. The summed E-state index contributed by atoms with van der Waals surface area (Å²) < 4.78 is 0. The van der Waals surface area contributed by atoms with E-state index in [1.54, 1.807) is 12.3 Å². The number of carbonyl (C=O) groups excluding carboxylic acids is 1. The molecule has 0 saturated carbocycles. The van der Waals surface area contributed by atoms with Crippen LogP contribution in [-0.2, 0) is 13.1 Å². The maximum Gasteiger partial charge on any atom is 0.251 e. The Balaban J connectivity index is 1.49. The molecule has 5 heteroatoms. The molecule has 1 amide bonds. The summed E-state index contributed by atoms with van der Waals surface area (Å²) in [5.74, 6) is 0.845. The zero-order valence-electron chi connectivity index (χ0n) is 13.0. The Hall–Kier alpha value is -2.40. The number of anilines is 1. The highest BCUT2D eigenvalue weighted by molar-refractivity contribution is 5.95. The third kappa shape index (κ3) is 2.92. The normalized spacial score (nSPS) is 19.7. The molecule has 0 radical (unpaired) electrons. The van der Waals surface area contributed by atoms with Gasteiger partial charge in [0.2, 0.25) is 0 Å². The van der Waals surface area contributed by atoms with Gasteiger partial charge in [-0.2, -0.15) is 0 Å². The van der Waals surface area contributed by atoms with Crippen molar-refractivity contribution in [3.8, 4) is 0 Å². The first kappa shape index (κ1) is 14.2. The van der Waals surface area contributed by atoms with E-state index in [1.807, 2.05) is 6.07 Å². The summed E-state index contributed by atoms with van der Waals surface area (Å²) in [7, 11) is 0. The molecule has 3 heterocycles. The van der Waals surface area contributed by atoms with Crippen molar-refractivity contribution in [2.45, 2.75) is 25.6 Å². The minimum atomic E-state index is -0.0148. The van der Waals surface area contributed by atoms with Gasteiger partial charge in [-0.3, -0.25) is 4.79 Å². The van der Waals surface area contributed by atoms with Crippen molar-refractivity contribution in [1.82, 2.24) is 15.6 Å².